The molecular formula is C11H5Cl3N2O3S. The van der Waals surface area contributed by atoms with Gasteiger partial charge in [0.15, 0.2) is 5.15 Å². The highest BCUT2D eigenvalue weighted by Crippen LogP contribution is 2.30. The molecule has 0 fully saturated rings. The summed E-state index contributed by atoms with van der Waals surface area (Å²) in [6.07, 6.45) is 0. The summed E-state index contributed by atoms with van der Waals surface area (Å²) < 4.78 is 3.73. The topological polar surface area (TPSA) is 79.3 Å². The monoisotopic (exact) mass is 350 g/mol. The number of halogens is 3. The number of carbonyl (C=O) groups excluding carboxylic acids is 1. The van der Waals surface area contributed by atoms with Gasteiger partial charge in [-0.05, 0) is 29.7 Å². The Morgan fingerprint density at radius 1 is 1.25 bits per heavy atom. The number of benzene rings is 1. The van der Waals surface area contributed by atoms with Gasteiger partial charge in [-0.25, -0.2) is 4.79 Å². The van der Waals surface area contributed by atoms with Crippen molar-refractivity contribution in [3.8, 4) is 0 Å². The van der Waals surface area contributed by atoms with Gasteiger partial charge in [-0.15, -0.1) is 0 Å². The quantitative estimate of drug-likeness (QED) is 0.874. The zero-order valence-electron chi connectivity index (χ0n) is 9.49. The number of nitrogens with one attached hydrogen (secondary N) is 1. The fourth-order valence-corrected chi connectivity index (χ4v) is 2.66. The summed E-state index contributed by atoms with van der Waals surface area (Å²) in [7, 11) is 0. The smallest absolute Gasteiger partial charge is 0.337 e. The Morgan fingerprint density at radius 3 is 2.50 bits per heavy atom. The molecule has 104 valence electrons. The number of hydrogen-bond donors (Lipinski definition) is 2. The lowest BCUT2D eigenvalue weighted by Gasteiger charge is -2.07. The molecule has 0 saturated heterocycles. The fourth-order valence-electron chi connectivity index (χ4n) is 1.38. The molecule has 2 aromatic rings. The maximum Gasteiger partial charge on any atom is 0.337 e. The van der Waals surface area contributed by atoms with Gasteiger partial charge in [0.2, 0.25) is 0 Å². The number of nitrogens with zero attached hydrogens (tertiary/aromatic N) is 1. The lowest BCUT2D eigenvalue weighted by molar-refractivity contribution is 0.0698. The molecule has 20 heavy (non-hydrogen) atoms. The van der Waals surface area contributed by atoms with E-state index in [0.717, 1.165) is 11.5 Å². The van der Waals surface area contributed by atoms with Crippen molar-refractivity contribution >= 4 is 63.9 Å². The summed E-state index contributed by atoms with van der Waals surface area (Å²) in [6, 6.07) is 4.09. The van der Waals surface area contributed by atoms with E-state index in [4.69, 9.17) is 39.9 Å². The fraction of sp³-hybridized carbons (Fsp3) is 0. The predicted octanol–water partition coefficient (Wildman–Crippen LogP) is 4.05. The lowest BCUT2D eigenvalue weighted by Crippen LogP contribution is -2.14. The number of carbonyl (C=O) groups is 2. The predicted molar refractivity (Wildman–Crippen MR) is 78.5 cm³/mol. The molecule has 0 atom stereocenters. The van der Waals surface area contributed by atoms with Crippen LogP contribution in [0.4, 0.5) is 5.69 Å². The average Bonchev–Trinajstić information content (AvgIpc) is 2.72. The third kappa shape index (κ3) is 3.04. The highest BCUT2D eigenvalue weighted by molar-refractivity contribution is 7.09. The van der Waals surface area contributed by atoms with Crippen molar-refractivity contribution in [2.24, 2.45) is 0 Å². The first kappa shape index (κ1) is 15.1. The van der Waals surface area contributed by atoms with Gasteiger partial charge in [-0.3, -0.25) is 4.79 Å². The van der Waals surface area contributed by atoms with E-state index in [1.165, 1.54) is 18.2 Å². The number of amides is 1. The first-order valence-electron chi connectivity index (χ1n) is 5.05. The van der Waals surface area contributed by atoms with Crippen LogP contribution in [0.15, 0.2) is 18.2 Å². The molecule has 9 heteroatoms. The normalized spacial score (nSPS) is 10.3. The maximum atomic E-state index is 12.0. The number of hydrogen-bond acceptors (Lipinski definition) is 4. The van der Waals surface area contributed by atoms with E-state index in [1.54, 1.807) is 0 Å². The molecule has 0 saturated carbocycles. The van der Waals surface area contributed by atoms with Gasteiger partial charge in [0.05, 0.1) is 11.3 Å². The van der Waals surface area contributed by atoms with Crippen LogP contribution in [0.2, 0.25) is 15.2 Å². The summed E-state index contributed by atoms with van der Waals surface area (Å²) in [4.78, 5) is 23.2. The van der Waals surface area contributed by atoms with Gasteiger partial charge in [0.1, 0.15) is 9.90 Å². The van der Waals surface area contributed by atoms with Crippen molar-refractivity contribution in [2.75, 3.05) is 5.32 Å². The van der Waals surface area contributed by atoms with Gasteiger partial charge in [-0.2, -0.15) is 4.37 Å². The Kier molecular flexibility index (Phi) is 4.49. The summed E-state index contributed by atoms with van der Waals surface area (Å²) in [5, 5.41) is 11.8. The molecule has 0 unspecified atom stereocenters. The van der Waals surface area contributed by atoms with Crippen LogP contribution in [-0.2, 0) is 0 Å². The second-order valence-electron chi connectivity index (χ2n) is 3.57. The molecule has 0 spiro atoms. The molecule has 2 rings (SSSR count). The minimum Gasteiger partial charge on any atom is -0.478 e. The van der Waals surface area contributed by atoms with Crippen molar-refractivity contribution in [1.29, 1.82) is 0 Å². The summed E-state index contributed by atoms with van der Waals surface area (Å²) in [5.41, 5.74) is -0.0231. The molecule has 1 heterocycles. The number of rotatable bonds is 3. The maximum absolute atomic E-state index is 12.0. The van der Waals surface area contributed by atoms with E-state index >= 15 is 0 Å². The van der Waals surface area contributed by atoms with E-state index in [-0.39, 0.29) is 31.3 Å². The highest BCUT2D eigenvalue weighted by Gasteiger charge is 2.19. The van der Waals surface area contributed by atoms with Gasteiger partial charge in [0, 0.05) is 5.02 Å². The molecule has 2 N–H and O–H groups in total. The third-order valence-electron chi connectivity index (χ3n) is 2.26. The zero-order valence-corrected chi connectivity index (χ0v) is 12.6. The van der Waals surface area contributed by atoms with Crippen molar-refractivity contribution < 1.29 is 14.7 Å². The SMILES string of the molecule is O=C(O)c1cc(Cl)ccc1NC(=O)c1snc(Cl)c1Cl. The highest BCUT2D eigenvalue weighted by atomic mass is 35.5. The number of aromatic nitrogens is 1. The Morgan fingerprint density at radius 2 is 1.95 bits per heavy atom. The minimum atomic E-state index is -1.21. The van der Waals surface area contributed by atoms with E-state index in [1.807, 2.05) is 0 Å². The van der Waals surface area contributed by atoms with Crippen LogP contribution >= 0.6 is 46.3 Å². The molecule has 0 aliphatic rings. The summed E-state index contributed by atoms with van der Waals surface area (Å²) >= 11 is 18.0. The van der Waals surface area contributed by atoms with E-state index in [2.05, 4.69) is 9.69 Å². The Bertz CT molecular complexity index is 702. The molecule has 0 bridgehead atoms. The Hall–Kier alpha value is -1.34. The van der Waals surface area contributed by atoms with Crippen LogP contribution in [0.3, 0.4) is 0 Å². The first-order valence-corrected chi connectivity index (χ1v) is 6.95. The minimum absolute atomic E-state index is 0.0244. The molecule has 0 aliphatic heterocycles. The van der Waals surface area contributed by atoms with E-state index in [9.17, 15) is 9.59 Å². The molecular weight excluding hydrogens is 347 g/mol. The van der Waals surface area contributed by atoms with Gasteiger partial charge >= 0.3 is 5.97 Å². The number of anilines is 1. The van der Waals surface area contributed by atoms with Crippen molar-refractivity contribution in [2.45, 2.75) is 0 Å². The van der Waals surface area contributed by atoms with Crippen LogP contribution < -0.4 is 5.32 Å². The third-order valence-corrected chi connectivity index (χ3v) is 4.30. The van der Waals surface area contributed by atoms with Gasteiger partial charge in [-0.1, -0.05) is 34.8 Å². The van der Waals surface area contributed by atoms with E-state index in [0.29, 0.717) is 0 Å². The molecule has 0 radical (unpaired) electrons. The first-order chi connectivity index (χ1) is 9.40. The van der Waals surface area contributed by atoms with Crippen molar-refractivity contribution in [1.82, 2.24) is 4.37 Å². The van der Waals surface area contributed by atoms with Crippen LogP contribution in [0.1, 0.15) is 20.0 Å². The Labute approximate surface area is 132 Å². The zero-order chi connectivity index (χ0) is 14.9. The summed E-state index contributed by atoms with van der Waals surface area (Å²) in [5.74, 6) is -1.81. The van der Waals surface area contributed by atoms with E-state index < -0.39 is 11.9 Å². The standard InChI is InChI=1S/C11H5Cl3N2O3S/c12-4-1-2-6(5(3-4)11(18)19)15-10(17)8-7(13)9(14)16-20-8/h1-3H,(H,15,17)(H,18,19). The summed E-state index contributed by atoms with van der Waals surface area (Å²) in [6.45, 7) is 0. The van der Waals surface area contributed by atoms with Crippen LogP contribution in [-0.4, -0.2) is 21.4 Å². The van der Waals surface area contributed by atoms with Crippen LogP contribution in [0.5, 0.6) is 0 Å². The molecule has 1 aromatic heterocycles. The largest absolute Gasteiger partial charge is 0.478 e. The number of aromatic carboxylic acids is 1. The van der Waals surface area contributed by atoms with Gasteiger partial charge < -0.3 is 10.4 Å². The molecule has 1 aromatic carbocycles. The van der Waals surface area contributed by atoms with Crippen LogP contribution in [0.25, 0.3) is 0 Å². The van der Waals surface area contributed by atoms with Crippen molar-refractivity contribution in [3.63, 3.8) is 0 Å². The second kappa shape index (κ2) is 5.97. The average molecular weight is 352 g/mol. The van der Waals surface area contributed by atoms with Crippen LogP contribution in [0, 0.1) is 0 Å². The molecule has 5 nitrogen and oxygen atoms in total. The lowest BCUT2D eigenvalue weighted by atomic mass is 10.2. The number of carboxylic acids is 1. The molecule has 0 aliphatic carbocycles. The second-order valence-corrected chi connectivity index (χ2v) is 5.51. The Balaban J connectivity index is 2.33. The van der Waals surface area contributed by atoms with Gasteiger partial charge in [0.25, 0.3) is 5.91 Å². The molecule has 1 amide bonds. The number of carboxylic acid groups (broad SMARTS) is 1. The van der Waals surface area contributed by atoms with Crippen molar-refractivity contribution in [3.05, 3.63) is 43.8 Å².